The summed E-state index contributed by atoms with van der Waals surface area (Å²) in [7, 11) is 0. The maximum absolute atomic E-state index is 11.6. The van der Waals surface area contributed by atoms with E-state index in [0.29, 0.717) is 12.1 Å². The summed E-state index contributed by atoms with van der Waals surface area (Å²) in [5, 5.41) is 11.1. The van der Waals surface area contributed by atoms with Gasteiger partial charge in [-0.05, 0) is 44.9 Å². The Kier molecular flexibility index (Phi) is 5.32. The highest BCUT2D eigenvalue weighted by Crippen LogP contribution is 2.13. The van der Waals surface area contributed by atoms with Crippen LogP contribution in [0.1, 0.15) is 26.3 Å². The lowest BCUT2D eigenvalue weighted by Gasteiger charge is -2.19. The maximum atomic E-state index is 11.6. The van der Waals surface area contributed by atoms with Crippen LogP contribution >= 0.6 is 0 Å². The Balaban J connectivity index is 2.54. The van der Waals surface area contributed by atoms with Crippen molar-refractivity contribution in [3.63, 3.8) is 0 Å². The summed E-state index contributed by atoms with van der Waals surface area (Å²) in [5.74, 6) is -0.965. The van der Waals surface area contributed by atoms with E-state index >= 15 is 0 Å². The van der Waals surface area contributed by atoms with Crippen LogP contribution in [0.3, 0.4) is 0 Å². The number of carboxylic acids is 1. The number of benzene rings is 1. The summed E-state index contributed by atoms with van der Waals surface area (Å²) in [6.45, 7) is 5.39. The van der Waals surface area contributed by atoms with E-state index in [-0.39, 0.29) is 0 Å². The number of carbonyl (C=O) groups is 2. The molecule has 1 aromatic rings. The predicted molar refractivity (Wildman–Crippen MR) is 76.8 cm³/mol. The Morgan fingerprint density at radius 1 is 1.25 bits per heavy atom. The molecule has 2 N–H and O–H groups in total. The van der Waals surface area contributed by atoms with Crippen LogP contribution in [0.15, 0.2) is 36.4 Å². The van der Waals surface area contributed by atoms with Gasteiger partial charge in [0.1, 0.15) is 5.60 Å². The van der Waals surface area contributed by atoms with Crippen molar-refractivity contribution < 1.29 is 19.4 Å². The molecule has 1 aromatic carbocycles. The van der Waals surface area contributed by atoms with Crippen LogP contribution in [-0.2, 0) is 16.0 Å². The van der Waals surface area contributed by atoms with Crippen molar-refractivity contribution in [3.05, 3.63) is 42.0 Å². The third-order valence-corrected chi connectivity index (χ3v) is 2.21. The monoisotopic (exact) mass is 277 g/mol. The fourth-order valence-corrected chi connectivity index (χ4v) is 1.44. The number of allylic oxidation sites excluding steroid dienone is 1. The van der Waals surface area contributed by atoms with Gasteiger partial charge in [-0.15, -0.1) is 0 Å². The van der Waals surface area contributed by atoms with Gasteiger partial charge in [-0.2, -0.15) is 0 Å². The lowest BCUT2D eigenvalue weighted by molar-refractivity contribution is -0.131. The second kappa shape index (κ2) is 6.75. The van der Waals surface area contributed by atoms with Gasteiger partial charge in [-0.1, -0.05) is 18.2 Å². The first-order valence-electron chi connectivity index (χ1n) is 6.25. The average molecular weight is 277 g/mol. The molecule has 0 unspecified atom stereocenters. The standard InChI is InChI=1S/C15H19NO4/c1-15(2,3)20-14(19)16-12-9-7-11(8-10-12)5-4-6-13(17)18/h4,6-10H,5H2,1-3H3,(H,16,19)(H,17,18). The van der Waals surface area contributed by atoms with Crippen molar-refractivity contribution in [2.45, 2.75) is 32.8 Å². The van der Waals surface area contributed by atoms with Crippen LogP contribution in [0.25, 0.3) is 0 Å². The largest absolute Gasteiger partial charge is 0.478 e. The summed E-state index contributed by atoms with van der Waals surface area (Å²) < 4.78 is 5.14. The van der Waals surface area contributed by atoms with E-state index in [0.717, 1.165) is 11.6 Å². The van der Waals surface area contributed by atoms with E-state index in [1.165, 1.54) is 0 Å². The Bertz CT molecular complexity index is 498. The second-order valence-corrected chi connectivity index (χ2v) is 5.27. The molecule has 0 heterocycles. The third-order valence-electron chi connectivity index (χ3n) is 2.21. The van der Waals surface area contributed by atoms with E-state index in [1.54, 1.807) is 39.0 Å². The first kappa shape index (κ1) is 15.8. The Labute approximate surface area is 118 Å². The molecule has 0 radical (unpaired) electrons. The highest BCUT2D eigenvalue weighted by atomic mass is 16.6. The van der Waals surface area contributed by atoms with Crippen LogP contribution in [0.5, 0.6) is 0 Å². The van der Waals surface area contributed by atoms with Gasteiger partial charge in [-0.3, -0.25) is 5.32 Å². The van der Waals surface area contributed by atoms with Gasteiger partial charge in [0.25, 0.3) is 0 Å². The minimum atomic E-state index is -0.965. The number of nitrogens with one attached hydrogen (secondary N) is 1. The summed E-state index contributed by atoms with van der Waals surface area (Å²) >= 11 is 0. The lowest BCUT2D eigenvalue weighted by atomic mass is 10.1. The molecule has 0 aliphatic heterocycles. The smallest absolute Gasteiger partial charge is 0.412 e. The molecule has 0 aliphatic rings. The average Bonchev–Trinajstić information content (AvgIpc) is 2.28. The number of hydrogen-bond acceptors (Lipinski definition) is 3. The van der Waals surface area contributed by atoms with E-state index in [1.807, 2.05) is 12.1 Å². The zero-order chi connectivity index (χ0) is 15.2. The molecule has 0 aliphatic carbocycles. The molecule has 0 aromatic heterocycles. The molecule has 5 heteroatoms. The topological polar surface area (TPSA) is 75.6 Å². The van der Waals surface area contributed by atoms with E-state index in [2.05, 4.69) is 5.32 Å². The van der Waals surface area contributed by atoms with Crippen molar-refractivity contribution in [2.24, 2.45) is 0 Å². The van der Waals surface area contributed by atoms with Crippen molar-refractivity contribution in [3.8, 4) is 0 Å². The summed E-state index contributed by atoms with van der Waals surface area (Å²) in [5.41, 5.74) is 1.05. The van der Waals surface area contributed by atoms with Crippen LogP contribution in [0, 0.1) is 0 Å². The molecule has 0 fully saturated rings. The zero-order valence-corrected chi connectivity index (χ0v) is 11.8. The number of rotatable bonds is 4. The molecule has 5 nitrogen and oxygen atoms in total. The van der Waals surface area contributed by atoms with Crippen LogP contribution in [-0.4, -0.2) is 22.8 Å². The van der Waals surface area contributed by atoms with E-state index < -0.39 is 17.7 Å². The fourth-order valence-electron chi connectivity index (χ4n) is 1.44. The molecule has 0 spiro atoms. The summed E-state index contributed by atoms with van der Waals surface area (Å²) in [6.07, 6.45) is 2.70. The number of aliphatic carboxylic acids is 1. The summed E-state index contributed by atoms with van der Waals surface area (Å²) in [6, 6.07) is 7.12. The van der Waals surface area contributed by atoms with E-state index in [4.69, 9.17) is 9.84 Å². The number of hydrogen-bond donors (Lipinski definition) is 2. The number of amides is 1. The number of ether oxygens (including phenoxy) is 1. The molecule has 0 bridgehead atoms. The SMILES string of the molecule is CC(C)(C)OC(=O)Nc1ccc(CC=CC(=O)O)cc1. The van der Waals surface area contributed by atoms with Gasteiger partial charge < -0.3 is 9.84 Å². The van der Waals surface area contributed by atoms with Gasteiger partial charge >= 0.3 is 12.1 Å². The van der Waals surface area contributed by atoms with Gasteiger partial charge in [0.15, 0.2) is 0 Å². The Morgan fingerprint density at radius 3 is 2.35 bits per heavy atom. The quantitative estimate of drug-likeness (QED) is 0.828. The normalized spacial score (nSPS) is 11.3. The highest BCUT2D eigenvalue weighted by Gasteiger charge is 2.15. The second-order valence-electron chi connectivity index (χ2n) is 5.27. The first-order chi connectivity index (χ1) is 9.26. The molecular weight excluding hydrogens is 258 g/mol. The first-order valence-corrected chi connectivity index (χ1v) is 6.25. The highest BCUT2D eigenvalue weighted by molar-refractivity contribution is 5.84. The lowest BCUT2D eigenvalue weighted by Crippen LogP contribution is -2.27. The molecule has 1 amide bonds. The zero-order valence-electron chi connectivity index (χ0n) is 11.8. The third kappa shape index (κ3) is 6.58. The van der Waals surface area contributed by atoms with E-state index in [9.17, 15) is 9.59 Å². The predicted octanol–water partition coefficient (Wildman–Crippen LogP) is 3.22. The molecule has 20 heavy (non-hydrogen) atoms. The number of carboxylic acid groups (broad SMARTS) is 1. The molecule has 0 saturated heterocycles. The van der Waals surface area contributed by atoms with Gasteiger partial charge in [0, 0.05) is 11.8 Å². The van der Waals surface area contributed by atoms with Crippen molar-refractivity contribution >= 4 is 17.7 Å². The van der Waals surface area contributed by atoms with Crippen molar-refractivity contribution in [1.29, 1.82) is 0 Å². The minimum Gasteiger partial charge on any atom is -0.478 e. The molecule has 108 valence electrons. The maximum Gasteiger partial charge on any atom is 0.412 e. The molecular formula is C15H19NO4. The summed E-state index contributed by atoms with van der Waals surface area (Å²) in [4.78, 5) is 21.9. The van der Waals surface area contributed by atoms with Crippen molar-refractivity contribution in [2.75, 3.05) is 5.32 Å². The van der Waals surface area contributed by atoms with Crippen LogP contribution in [0.2, 0.25) is 0 Å². The molecule has 1 rings (SSSR count). The number of carbonyl (C=O) groups excluding carboxylic acids is 1. The molecule has 0 saturated carbocycles. The van der Waals surface area contributed by atoms with Gasteiger partial charge in [-0.25, -0.2) is 9.59 Å². The number of anilines is 1. The Hall–Kier alpha value is -2.30. The minimum absolute atomic E-state index is 0.504. The van der Waals surface area contributed by atoms with Crippen molar-refractivity contribution in [1.82, 2.24) is 0 Å². The van der Waals surface area contributed by atoms with Crippen LogP contribution < -0.4 is 5.32 Å². The van der Waals surface area contributed by atoms with Gasteiger partial charge in [0.05, 0.1) is 0 Å². The van der Waals surface area contributed by atoms with Crippen LogP contribution in [0.4, 0.5) is 10.5 Å². The molecule has 0 atom stereocenters. The Morgan fingerprint density at radius 2 is 1.85 bits per heavy atom. The van der Waals surface area contributed by atoms with Gasteiger partial charge in [0.2, 0.25) is 0 Å². The fraction of sp³-hybridized carbons (Fsp3) is 0.333.